The maximum Gasteiger partial charge on any atom is 0.321 e. The van der Waals surface area contributed by atoms with E-state index in [9.17, 15) is 9.59 Å². The normalized spacial score (nSPS) is 14.2. The minimum atomic E-state index is -0.224. The highest BCUT2D eigenvalue weighted by molar-refractivity contribution is 7.13. The van der Waals surface area contributed by atoms with Crippen LogP contribution < -0.4 is 16.0 Å². The van der Waals surface area contributed by atoms with Crippen molar-refractivity contribution in [2.24, 2.45) is 0 Å². The highest BCUT2D eigenvalue weighted by atomic mass is 32.1. The van der Waals surface area contributed by atoms with E-state index in [0.717, 1.165) is 29.7 Å². The minimum absolute atomic E-state index is 0.114. The fourth-order valence-corrected chi connectivity index (χ4v) is 4.26. The summed E-state index contributed by atoms with van der Waals surface area (Å²) in [6.07, 6.45) is 4.58. The van der Waals surface area contributed by atoms with E-state index in [1.807, 2.05) is 20.8 Å². The Hall–Kier alpha value is -2.41. The molecule has 1 fully saturated rings. The van der Waals surface area contributed by atoms with Crippen LogP contribution in [0.15, 0.2) is 17.5 Å². The number of hydrogen-bond acceptors (Lipinski definition) is 4. The molecule has 0 saturated heterocycles. The first-order chi connectivity index (χ1) is 12.9. The van der Waals surface area contributed by atoms with Crippen LogP contribution in [0.4, 0.5) is 15.6 Å². The van der Waals surface area contributed by atoms with Gasteiger partial charge >= 0.3 is 6.03 Å². The summed E-state index contributed by atoms with van der Waals surface area (Å²) in [6.45, 7) is 6.02. The Balaban J connectivity index is 1.54. The number of nitrogens with zero attached hydrogens (tertiary/aromatic N) is 1. The lowest BCUT2D eigenvalue weighted by Crippen LogP contribution is -2.36. The molecule has 1 aliphatic rings. The quantitative estimate of drug-likeness (QED) is 0.716. The standard InChI is InChI=1S/C20H26N4O2S/c1-12-8-13(2)18(14(3)9-12)23-17(25)10-16-11-27-20(22-16)24-19(26)21-15-6-4-5-7-15/h8-9,11,15H,4-7,10H2,1-3H3,(H,23,25)(H2,21,22,24,26). The average molecular weight is 387 g/mol. The fraction of sp³-hybridized carbons (Fsp3) is 0.450. The van der Waals surface area contributed by atoms with E-state index in [0.29, 0.717) is 10.8 Å². The summed E-state index contributed by atoms with van der Waals surface area (Å²) in [7, 11) is 0. The number of amides is 3. The van der Waals surface area contributed by atoms with Gasteiger partial charge in [-0.25, -0.2) is 9.78 Å². The second kappa shape index (κ2) is 8.52. The van der Waals surface area contributed by atoms with Crippen molar-refractivity contribution in [1.29, 1.82) is 0 Å². The van der Waals surface area contributed by atoms with Crippen molar-refractivity contribution < 1.29 is 9.59 Å². The highest BCUT2D eigenvalue weighted by Gasteiger charge is 2.18. The molecule has 0 radical (unpaired) electrons. The molecule has 0 unspecified atom stereocenters. The van der Waals surface area contributed by atoms with Crippen molar-refractivity contribution in [2.75, 3.05) is 10.6 Å². The highest BCUT2D eigenvalue weighted by Crippen LogP contribution is 2.23. The van der Waals surface area contributed by atoms with Crippen molar-refractivity contribution in [3.63, 3.8) is 0 Å². The zero-order chi connectivity index (χ0) is 19.4. The summed E-state index contributed by atoms with van der Waals surface area (Å²) in [5.74, 6) is -0.114. The van der Waals surface area contributed by atoms with Gasteiger partial charge in [-0.3, -0.25) is 10.1 Å². The molecule has 1 aliphatic carbocycles. The van der Waals surface area contributed by atoms with Gasteiger partial charge in [-0.05, 0) is 44.7 Å². The Labute approximate surface area is 163 Å². The number of carbonyl (C=O) groups is 2. The number of carbonyl (C=O) groups excluding carboxylic acids is 2. The molecule has 3 rings (SSSR count). The van der Waals surface area contributed by atoms with Gasteiger partial charge < -0.3 is 10.6 Å². The van der Waals surface area contributed by atoms with Gasteiger partial charge in [0.15, 0.2) is 5.13 Å². The van der Waals surface area contributed by atoms with Crippen LogP contribution in [-0.4, -0.2) is 23.0 Å². The van der Waals surface area contributed by atoms with E-state index in [1.165, 1.54) is 29.7 Å². The van der Waals surface area contributed by atoms with Gasteiger partial charge in [0, 0.05) is 17.1 Å². The van der Waals surface area contributed by atoms with Gasteiger partial charge in [-0.15, -0.1) is 11.3 Å². The third-order valence-electron chi connectivity index (χ3n) is 4.75. The van der Waals surface area contributed by atoms with Crippen molar-refractivity contribution >= 4 is 34.1 Å². The molecule has 1 aromatic carbocycles. The van der Waals surface area contributed by atoms with E-state index in [1.54, 1.807) is 5.38 Å². The SMILES string of the molecule is Cc1cc(C)c(NC(=O)Cc2csc(NC(=O)NC3CCCC3)n2)c(C)c1. The van der Waals surface area contributed by atoms with Crippen LogP contribution in [-0.2, 0) is 11.2 Å². The molecule has 27 heavy (non-hydrogen) atoms. The van der Waals surface area contributed by atoms with Crippen LogP contribution in [0, 0.1) is 20.8 Å². The first-order valence-corrected chi connectivity index (χ1v) is 10.2. The summed E-state index contributed by atoms with van der Waals surface area (Å²) in [6, 6.07) is 4.14. The van der Waals surface area contributed by atoms with Crippen LogP contribution >= 0.6 is 11.3 Å². The molecular weight excluding hydrogens is 360 g/mol. The molecular formula is C20H26N4O2S. The van der Waals surface area contributed by atoms with Gasteiger partial charge in [-0.2, -0.15) is 0 Å². The van der Waals surface area contributed by atoms with Gasteiger partial charge in [0.1, 0.15) is 0 Å². The second-order valence-electron chi connectivity index (χ2n) is 7.22. The van der Waals surface area contributed by atoms with Crippen molar-refractivity contribution in [3.8, 4) is 0 Å². The Kier molecular flexibility index (Phi) is 6.11. The molecule has 0 spiro atoms. The van der Waals surface area contributed by atoms with Crippen LogP contribution in [0.25, 0.3) is 0 Å². The molecule has 1 heterocycles. The molecule has 1 aromatic heterocycles. The second-order valence-corrected chi connectivity index (χ2v) is 8.08. The number of rotatable bonds is 5. The number of nitrogens with one attached hydrogen (secondary N) is 3. The van der Waals surface area contributed by atoms with Gasteiger partial charge in [0.2, 0.25) is 5.91 Å². The van der Waals surface area contributed by atoms with E-state index in [2.05, 4.69) is 33.1 Å². The number of urea groups is 1. The number of aromatic nitrogens is 1. The molecule has 144 valence electrons. The first kappa shape index (κ1) is 19.4. The van der Waals surface area contributed by atoms with Gasteiger partial charge in [-0.1, -0.05) is 30.5 Å². The Morgan fingerprint density at radius 2 is 1.78 bits per heavy atom. The number of benzene rings is 1. The van der Waals surface area contributed by atoms with Crippen LogP contribution in [0.2, 0.25) is 0 Å². The summed E-state index contributed by atoms with van der Waals surface area (Å²) in [5, 5.41) is 11.0. The number of aryl methyl sites for hydroxylation is 3. The Morgan fingerprint density at radius 1 is 1.11 bits per heavy atom. The maximum absolute atomic E-state index is 12.4. The fourth-order valence-electron chi connectivity index (χ4n) is 3.56. The zero-order valence-electron chi connectivity index (χ0n) is 16.0. The van der Waals surface area contributed by atoms with Crippen molar-refractivity contribution in [2.45, 2.75) is 58.9 Å². The first-order valence-electron chi connectivity index (χ1n) is 9.30. The van der Waals surface area contributed by atoms with E-state index in [4.69, 9.17) is 0 Å². The third-order valence-corrected chi connectivity index (χ3v) is 5.55. The number of anilines is 2. The van der Waals surface area contributed by atoms with Gasteiger partial charge in [0.25, 0.3) is 0 Å². The number of thiazole rings is 1. The topological polar surface area (TPSA) is 83.1 Å². The lowest BCUT2D eigenvalue weighted by Gasteiger charge is -2.12. The third kappa shape index (κ3) is 5.29. The molecule has 6 nitrogen and oxygen atoms in total. The lowest BCUT2D eigenvalue weighted by atomic mass is 10.0. The van der Waals surface area contributed by atoms with E-state index >= 15 is 0 Å². The molecule has 0 bridgehead atoms. The zero-order valence-corrected chi connectivity index (χ0v) is 16.8. The van der Waals surface area contributed by atoms with E-state index in [-0.39, 0.29) is 24.4 Å². The summed E-state index contributed by atoms with van der Waals surface area (Å²) < 4.78 is 0. The molecule has 2 aromatic rings. The average Bonchev–Trinajstić information content (AvgIpc) is 3.23. The van der Waals surface area contributed by atoms with Crippen LogP contribution in [0.3, 0.4) is 0 Å². The monoisotopic (exact) mass is 386 g/mol. The van der Waals surface area contributed by atoms with Crippen molar-refractivity contribution in [1.82, 2.24) is 10.3 Å². The largest absolute Gasteiger partial charge is 0.335 e. The van der Waals surface area contributed by atoms with Crippen LogP contribution in [0.5, 0.6) is 0 Å². The molecule has 1 saturated carbocycles. The maximum atomic E-state index is 12.4. The molecule has 0 atom stereocenters. The smallest absolute Gasteiger partial charge is 0.321 e. The molecule has 7 heteroatoms. The predicted octanol–water partition coefficient (Wildman–Crippen LogP) is 4.31. The summed E-state index contributed by atoms with van der Waals surface area (Å²) in [4.78, 5) is 28.7. The Bertz CT molecular complexity index is 817. The predicted molar refractivity (Wildman–Crippen MR) is 110 cm³/mol. The summed E-state index contributed by atoms with van der Waals surface area (Å²) in [5.41, 5.74) is 4.77. The lowest BCUT2D eigenvalue weighted by molar-refractivity contribution is -0.115. The number of hydrogen-bond donors (Lipinski definition) is 3. The molecule has 3 N–H and O–H groups in total. The molecule has 0 aliphatic heterocycles. The molecule has 3 amide bonds. The minimum Gasteiger partial charge on any atom is -0.335 e. The summed E-state index contributed by atoms with van der Waals surface area (Å²) >= 11 is 1.33. The van der Waals surface area contributed by atoms with E-state index < -0.39 is 0 Å². The van der Waals surface area contributed by atoms with Crippen molar-refractivity contribution in [3.05, 3.63) is 39.9 Å². The van der Waals surface area contributed by atoms with Crippen LogP contribution in [0.1, 0.15) is 48.1 Å². The van der Waals surface area contributed by atoms with Gasteiger partial charge in [0.05, 0.1) is 12.1 Å². The Morgan fingerprint density at radius 3 is 2.44 bits per heavy atom.